The lowest BCUT2D eigenvalue weighted by atomic mass is 9.88. The number of halogens is 1. The van der Waals surface area contributed by atoms with E-state index in [4.69, 9.17) is 16.7 Å². The van der Waals surface area contributed by atoms with Gasteiger partial charge < -0.3 is 10.2 Å². The van der Waals surface area contributed by atoms with Gasteiger partial charge in [0.2, 0.25) is 0 Å². The van der Waals surface area contributed by atoms with Crippen molar-refractivity contribution in [3.05, 3.63) is 35.9 Å². The van der Waals surface area contributed by atoms with E-state index in [2.05, 4.69) is 0 Å². The van der Waals surface area contributed by atoms with Crippen molar-refractivity contribution in [2.45, 2.75) is 18.4 Å². The second-order valence-electron chi connectivity index (χ2n) is 3.31. The van der Waals surface area contributed by atoms with E-state index in [-0.39, 0.29) is 6.61 Å². The molecule has 0 aromatic heterocycles. The fourth-order valence-electron chi connectivity index (χ4n) is 1.50. The Hall–Kier alpha value is -0.570. The molecule has 3 heteroatoms. The van der Waals surface area contributed by atoms with E-state index in [0.717, 1.165) is 5.56 Å². The highest BCUT2D eigenvalue weighted by Crippen LogP contribution is 2.28. The van der Waals surface area contributed by atoms with E-state index in [1.807, 2.05) is 30.3 Å². The van der Waals surface area contributed by atoms with Crippen LogP contribution in [0.15, 0.2) is 30.3 Å². The fraction of sp³-hybridized carbons (Fsp3) is 0.455. The second kappa shape index (κ2) is 5.35. The molecular weight excluding hydrogens is 200 g/mol. The van der Waals surface area contributed by atoms with E-state index < -0.39 is 5.60 Å². The molecule has 0 aliphatic carbocycles. The van der Waals surface area contributed by atoms with E-state index in [9.17, 15) is 5.11 Å². The minimum atomic E-state index is -0.988. The molecule has 0 bridgehead atoms. The minimum Gasteiger partial charge on any atom is -0.396 e. The van der Waals surface area contributed by atoms with Gasteiger partial charge in [-0.2, -0.15) is 0 Å². The minimum absolute atomic E-state index is 0.0394. The Morgan fingerprint density at radius 1 is 1.14 bits per heavy atom. The summed E-state index contributed by atoms with van der Waals surface area (Å²) < 4.78 is 0. The number of benzene rings is 1. The summed E-state index contributed by atoms with van der Waals surface area (Å²) in [5, 5.41) is 19.1. The monoisotopic (exact) mass is 214 g/mol. The van der Waals surface area contributed by atoms with Crippen LogP contribution in [0.25, 0.3) is 0 Å². The Bertz CT molecular complexity index is 255. The molecule has 1 aromatic rings. The standard InChI is InChI=1S/C11H15ClO2/c12-8-6-11(14,7-9-13)10-4-2-1-3-5-10/h1-5,13-14H,6-9H2. The predicted molar refractivity (Wildman–Crippen MR) is 57.4 cm³/mol. The van der Waals surface area contributed by atoms with E-state index in [1.54, 1.807) is 0 Å². The van der Waals surface area contributed by atoms with Crippen molar-refractivity contribution in [1.82, 2.24) is 0 Å². The summed E-state index contributed by atoms with van der Waals surface area (Å²) in [7, 11) is 0. The molecule has 0 aliphatic rings. The Morgan fingerprint density at radius 3 is 2.29 bits per heavy atom. The summed E-state index contributed by atoms with van der Waals surface area (Å²) in [5.74, 6) is 0.380. The maximum Gasteiger partial charge on any atom is 0.0929 e. The van der Waals surface area contributed by atoms with Gasteiger partial charge in [-0.1, -0.05) is 30.3 Å². The molecule has 1 unspecified atom stereocenters. The van der Waals surface area contributed by atoms with Crippen molar-refractivity contribution in [1.29, 1.82) is 0 Å². The smallest absolute Gasteiger partial charge is 0.0929 e. The summed E-state index contributed by atoms with van der Waals surface area (Å²) in [6, 6.07) is 9.33. The SMILES string of the molecule is OCCC(O)(CCCl)c1ccccc1. The molecule has 0 saturated heterocycles. The molecule has 0 fully saturated rings. The van der Waals surface area contributed by atoms with Gasteiger partial charge in [-0.25, -0.2) is 0 Å². The van der Waals surface area contributed by atoms with Crippen LogP contribution >= 0.6 is 11.6 Å². The predicted octanol–water partition coefficient (Wildman–Crippen LogP) is 1.89. The lowest BCUT2D eigenvalue weighted by molar-refractivity contribution is 0.00861. The zero-order chi connectivity index (χ0) is 10.4. The van der Waals surface area contributed by atoms with Crippen LogP contribution in [0.1, 0.15) is 18.4 Å². The average Bonchev–Trinajstić information content (AvgIpc) is 2.20. The molecule has 78 valence electrons. The molecule has 0 heterocycles. The van der Waals surface area contributed by atoms with Gasteiger partial charge in [-0.3, -0.25) is 0 Å². The second-order valence-corrected chi connectivity index (χ2v) is 3.69. The number of rotatable bonds is 5. The molecule has 1 aromatic carbocycles. The third-order valence-corrected chi connectivity index (χ3v) is 2.53. The number of alkyl halides is 1. The molecular formula is C11H15ClO2. The third-order valence-electron chi connectivity index (χ3n) is 2.34. The molecule has 1 atom stereocenters. The van der Waals surface area contributed by atoms with Gasteiger partial charge in [0.25, 0.3) is 0 Å². The van der Waals surface area contributed by atoms with Crippen LogP contribution < -0.4 is 0 Å². The number of hydrogen-bond acceptors (Lipinski definition) is 2. The zero-order valence-corrected chi connectivity index (χ0v) is 8.74. The maximum absolute atomic E-state index is 10.2. The van der Waals surface area contributed by atoms with E-state index in [1.165, 1.54) is 0 Å². The summed E-state index contributed by atoms with van der Waals surface area (Å²) in [6.45, 7) is -0.0394. The first kappa shape index (κ1) is 11.5. The first-order valence-corrected chi connectivity index (χ1v) is 5.21. The molecule has 0 aliphatic heterocycles. The van der Waals surface area contributed by atoms with Crippen LogP contribution in [-0.2, 0) is 5.60 Å². The van der Waals surface area contributed by atoms with Gasteiger partial charge in [0, 0.05) is 18.9 Å². The Morgan fingerprint density at radius 2 is 1.79 bits per heavy atom. The molecule has 2 nitrogen and oxygen atoms in total. The number of hydrogen-bond donors (Lipinski definition) is 2. The lowest BCUT2D eigenvalue weighted by Gasteiger charge is -2.27. The molecule has 0 radical (unpaired) electrons. The number of aliphatic hydroxyl groups is 2. The van der Waals surface area contributed by atoms with Crippen molar-refractivity contribution in [2.24, 2.45) is 0 Å². The first-order valence-electron chi connectivity index (χ1n) is 4.67. The molecule has 1 rings (SSSR count). The van der Waals surface area contributed by atoms with Crippen molar-refractivity contribution < 1.29 is 10.2 Å². The molecule has 14 heavy (non-hydrogen) atoms. The Kier molecular flexibility index (Phi) is 4.39. The molecule has 0 spiro atoms. The summed E-state index contributed by atoms with van der Waals surface area (Å²) in [4.78, 5) is 0. The van der Waals surface area contributed by atoms with Crippen molar-refractivity contribution in [3.8, 4) is 0 Å². The molecule has 0 amide bonds. The normalized spacial score (nSPS) is 15.1. The van der Waals surface area contributed by atoms with E-state index in [0.29, 0.717) is 18.7 Å². The van der Waals surface area contributed by atoms with Crippen LogP contribution in [0.3, 0.4) is 0 Å². The number of aliphatic hydroxyl groups excluding tert-OH is 1. The van der Waals surface area contributed by atoms with Crippen molar-refractivity contribution in [2.75, 3.05) is 12.5 Å². The van der Waals surface area contributed by atoms with Gasteiger partial charge >= 0.3 is 0 Å². The van der Waals surface area contributed by atoms with Gasteiger partial charge in [0.05, 0.1) is 5.60 Å². The summed E-state index contributed by atoms with van der Waals surface area (Å²) >= 11 is 5.63. The largest absolute Gasteiger partial charge is 0.396 e. The van der Waals surface area contributed by atoms with Crippen LogP contribution in [0.2, 0.25) is 0 Å². The topological polar surface area (TPSA) is 40.5 Å². The highest BCUT2D eigenvalue weighted by molar-refractivity contribution is 6.17. The fourth-order valence-corrected chi connectivity index (χ4v) is 1.82. The highest BCUT2D eigenvalue weighted by Gasteiger charge is 2.27. The van der Waals surface area contributed by atoms with Gasteiger partial charge in [0.15, 0.2) is 0 Å². The summed E-state index contributed by atoms with van der Waals surface area (Å²) in [5.41, 5.74) is -0.174. The van der Waals surface area contributed by atoms with Gasteiger partial charge in [0.1, 0.15) is 0 Å². The first-order chi connectivity index (χ1) is 6.73. The summed E-state index contributed by atoms with van der Waals surface area (Å²) in [6.07, 6.45) is 0.781. The van der Waals surface area contributed by atoms with Crippen LogP contribution in [0.4, 0.5) is 0 Å². The van der Waals surface area contributed by atoms with E-state index >= 15 is 0 Å². The quantitative estimate of drug-likeness (QED) is 0.735. The third kappa shape index (κ3) is 2.71. The maximum atomic E-state index is 10.2. The Balaban J connectivity index is 2.87. The van der Waals surface area contributed by atoms with Gasteiger partial charge in [-0.15, -0.1) is 11.6 Å². The molecule has 2 N–H and O–H groups in total. The van der Waals surface area contributed by atoms with Crippen molar-refractivity contribution in [3.63, 3.8) is 0 Å². The van der Waals surface area contributed by atoms with Crippen LogP contribution in [0.5, 0.6) is 0 Å². The van der Waals surface area contributed by atoms with Crippen LogP contribution in [-0.4, -0.2) is 22.7 Å². The Labute approximate surface area is 89.1 Å². The van der Waals surface area contributed by atoms with Gasteiger partial charge in [-0.05, 0) is 12.0 Å². The molecule has 0 saturated carbocycles. The highest BCUT2D eigenvalue weighted by atomic mass is 35.5. The average molecular weight is 215 g/mol. The van der Waals surface area contributed by atoms with Crippen LogP contribution in [0, 0.1) is 0 Å². The zero-order valence-electron chi connectivity index (χ0n) is 7.99. The van der Waals surface area contributed by atoms with Crippen molar-refractivity contribution >= 4 is 11.6 Å². The lowest BCUT2D eigenvalue weighted by Crippen LogP contribution is -2.27.